The minimum Gasteiger partial charge on any atom is -0.492 e. The largest absolute Gasteiger partial charge is 0.492 e. The molecule has 3 nitrogen and oxygen atoms in total. The van der Waals surface area contributed by atoms with Crippen LogP contribution < -0.4 is 9.47 Å². The molecule has 0 amide bonds. The minimum atomic E-state index is 0.260. The van der Waals surface area contributed by atoms with E-state index in [1.54, 1.807) is 12.1 Å². The van der Waals surface area contributed by atoms with E-state index < -0.39 is 0 Å². The van der Waals surface area contributed by atoms with Crippen LogP contribution in [-0.2, 0) is 4.74 Å². The molecule has 1 fully saturated rings. The second-order valence-corrected chi connectivity index (χ2v) is 3.70. The van der Waals surface area contributed by atoms with Gasteiger partial charge >= 0.3 is 0 Å². The molecule has 0 spiro atoms. The molecule has 1 aliphatic heterocycles. The minimum absolute atomic E-state index is 0.260. The molecule has 1 aliphatic rings. The van der Waals surface area contributed by atoms with Crippen LogP contribution in [-0.4, -0.2) is 25.9 Å². The van der Waals surface area contributed by atoms with Crippen LogP contribution in [0.15, 0.2) is 18.2 Å². The number of epoxide rings is 1. The molecule has 1 aromatic rings. The number of hydrogen-bond donors (Lipinski definition) is 0. The number of ether oxygens (including phenoxy) is 3. The van der Waals surface area contributed by atoms with Crippen molar-refractivity contribution in [2.75, 3.05) is 19.8 Å². The van der Waals surface area contributed by atoms with Crippen LogP contribution in [0.1, 0.15) is 6.92 Å². The van der Waals surface area contributed by atoms with Crippen LogP contribution in [0.2, 0.25) is 5.02 Å². The molecule has 1 saturated heterocycles. The van der Waals surface area contributed by atoms with E-state index in [4.69, 9.17) is 25.8 Å². The van der Waals surface area contributed by atoms with Gasteiger partial charge in [0.2, 0.25) is 0 Å². The normalized spacial score (nSPS) is 18.7. The van der Waals surface area contributed by atoms with Crippen LogP contribution in [0.3, 0.4) is 0 Å². The predicted octanol–water partition coefficient (Wildman–Crippen LogP) is 2.52. The van der Waals surface area contributed by atoms with E-state index in [9.17, 15) is 0 Å². The lowest BCUT2D eigenvalue weighted by molar-refractivity contribution is 0.261. The Balaban J connectivity index is 1.99. The molecule has 2 rings (SSSR count). The highest BCUT2D eigenvalue weighted by Crippen LogP contribution is 2.29. The van der Waals surface area contributed by atoms with E-state index in [1.165, 1.54) is 0 Å². The van der Waals surface area contributed by atoms with Crippen molar-refractivity contribution in [3.8, 4) is 11.5 Å². The molecular weight excluding hydrogens is 216 g/mol. The molecule has 0 bridgehead atoms. The summed E-state index contributed by atoms with van der Waals surface area (Å²) in [7, 11) is 0. The Morgan fingerprint density at radius 2 is 2.27 bits per heavy atom. The van der Waals surface area contributed by atoms with Gasteiger partial charge in [-0.15, -0.1) is 0 Å². The van der Waals surface area contributed by atoms with Gasteiger partial charge in [0.05, 0.1) is 18.2 Å². The molecule has 82 valence electrons. The van der Waals surface area contributed by atoms with E-state index in [0.29, 0.717) is 24.0 Å². The van der Waals surface area contributed by atoms with E-state index in [-0.39, 0.29) is 6.10 Å². The van der Waals surface area contributed by atoms with Crippen LogP contribution >= 0.6 is 11.6 Å². The summed E-state index contributed by atoms with van der Waals surface area (Å²) >= 11 is 5.94. The SMILES string of the molecule is CCOc1cc(OCC2CO2)ccc1Cl. The van der Waals surface area contributed by atoms with Gasteiger partial charge in [0.15, 0.2) is 0 Å². The van der Waals surface area contributed by atoms with Gasteiger partial charge in [-0.25, -0.2) is 0 Å². The lowest BCUT2D eigenvalue weighted by Crippen LogP contribution is -2.04. The van der Waals surface area contributed by atoms with Crippen molar-refractivity contribution < 1.29 is 14.2 Å². The highest BCUT2D eigenvalue weighted by Gasteiger charge is 2.23. The smallest absolute Gasteiger partial charge is 0.141 e. The number of rotatable bonds is 5. The Labute approximate surface area is 93.9 Å². The zero-order chi connectivity index (χ0) is 10.7. The molecule has 4 heteroatoms. The van der Waals surface area contributed by atoms with Crippen molar-refractivity contribution in [2.45, 2.75) is 13.0 Å². The first-order valence-corrected chi connectivity index (χ1v) is 5.34. The molecule has 0 aliphatic carbocycles. The van der Waals surface area contributed by atoms with Crippen molar-refractivity contribution in [1.82, 2.24) is 0 Å². The maximum Gasteiger partial charge on any atom is 0.141 e. The van der Waals surface area contributed by atoms with Crippen molar-refractivity contribution in [3.63, 3.8) is 0 Å². The average Bonchev–Trinajstić information content (AvgIpc) is 3.03. The molecule has 1 unspecified atom stereocenters. The van der Waals surface area contributed by atoms with Gasteiger partial charge in [-0.1, -0.05) is 11.6 Å². The van der Waals surface area contributed by atoms with Crippen LogP contribution in [0.4, 0.5) is 0 Å². The Kier molecular flexibility index (Phi) is 3.34. The molecule has 1 aromatic carbocycles. The summed E-state index contributed by atoms with van der Waals surface area (Å²) in [6, 6.07) is 5.40. The van der Waals surface area contributed by atoms with Gasteiger partial charge < -0.3 is 14.2 Å². The third-order valence-corrected chi connectivity index (χ3v) is 2.35. The highest BCUT2D eigenvalue weighted by atomic mass is 35.5. The molecule has 15 heavy (non-hydrogen) atoms. The predicted molar refractivity (Wildman–Crippen MR) is 57.9 cm³/mol. The summed E-state index contributed by atoms with van der Waals surface area (Å²) in [5.74, 6) is 1.42. The van der Waals surface area contributed by atoms with E-state index in [2.05, 4.69) is 0 Å². The maximum atomic E-state index is 5.94. The standard InChI is InChI=1S/C11H13ClO3/c1-2-13-11-5-8(3-4-10(11)12)14-6-9-7-15-9/h3-5,9H,2,6-7H2,1H3. The first-order chi connectivity index (χ1) is 7.29. The van der Waals surface area contributed by atoms with Crippen LogP contribution in [0.5, 0.6) is 11.5 Å². The molecule has 1 heterocycles. The van der Waals surface area contributed by atoms with Crippen molar-refractivity contribution in [2.24, 2.45) is 0 Å². The lowest BCUT2D eigenvalue weighted by atomic mass is 10.3. The summed E-state index contributed by atoms with van der Waals surface area (Å²) in [4.78, 5) is 0. The fourth-order valence-electron chi connectivity index (χ4n) is 1.19. The quantitative estimate of drug-likeness (QED) is 0.726. The van der Waals surface area contributed by atoms with E-state index >= 15 is 0 Å². The maximum absolute atomic E-state index is 5.94. The third kappa shape index (κ3) is 3.01. The first kappa shape index (κ1) is 10.6. The van der Waals surface area contributed by atoms with Gasteiger partial charge in [0.25, 0.3) is 0 Å². The summed E-state index contributed by atoms with van der Waals surface area (Å²) in [5, 5.41) is 0.604. The Hall–Kier alpha value is -0.930. The lowest BCUT2D eigenvalue weighted by Gasteiger charge is -2.08. The zero-order valence-electron chi connectivity index (χ0n) is 8.53. The monoisotopic (exact) mass is 228 g/mol. The summed E-state index contributed by atoms with van der Waals surface area (Å²) in [6.07, 6.45) is 0.260. The van der Waals surface area contributed by atoms with E-state index in [0.717, 1.165) is 12.4 Å². The fraction of sp³-hybridized carbons (Fsp3) is 0.455. The second-order valence-electron chi connectivity index (χ2n) is 3.29. The van der Waals surface area contributed by atoms with Gasteiger partial charge in [-0.05, 0) is 19.1 Å². The number of halogens is 1. The molecule has 0 N–H and O–H groups in total. The molecular formula is C11H13ClO3. The van der Waals surface area contributed by atoms with Crippen LogP contribution in [0.25, 0.3) is 0 Å². The van der Waals surface area contributed by atoms with Gasteiger partial charge in [0, 0.05) is 6.07 Å². The topological polar surface area (TPSA) is 31.0 Å². The molecule has 0 radical (unpaired) electrons. The van der Waals surface area contributed by atoms with Crippen molar-refractivity contribution in [1.29, 1.82) is 0 Å². The summed E-state index contributed by atoms with van der Waals surface area (Å²) in [6.45, 7) is 3.90. The van der Waals surface area contributed by atoms with Crippen LogP contribution in [0, 0.1) is 0 Å². The molecule has 0 saturated carbocycles. The summed E-state index contributed by atoms with van der Waals surface area (Å²) < 4.78 is 15.9. The zero-order valence-corrected chi connectivity index (χ0v) is 9.29. The third-order valence-electron chi connectivity index (χ3n) is 2.04. The average molecular weight is 229 g/mol. The second kappa shape index (κ2) is 4.73. The van der Waals surface area contributed by atoms with Crippen molar-refractivity contribution >= 4 is 11.6 Å². The number of hydrogen-bond acceptors (Lipinski definition) is 3. The number of benzene rings is 1. The van der Waals surface area contributed by atoms with Gasteiger partial charge in [-0.2, -0.15) is 0 Å². The molecule has 1 atom stereocenters. The highest BCUT2D eigenvalue weighted by molar-refractivity contribution is 6.32. The van der Waals surface area contributed by atoms with Gasteiger partial charge in [0.1, 0.15) is 24.2 Å². The summed E-state index contributed by atoms with van der Waals surface area (Å²) in [5.41, 5.74) is 0. The fourth-order valence-corrected chi connectivity index (χ4v) is 1.37. The van der Waals surface area contributed by atoms with E-state index in [1.807, 2.05) is 13.0 Å². The molecule has 0 aromatic heterocycles. The Bertz CT molecular complexity index is 337. The Morgan fingerprint density at radius 1 is 1.47 bits per heavy atom. The van der Waals surface area contributed by atoms with Crippen molar-refractivity contribution in [3.05, 3.63) is 23.2 Å². The first-order valence-electron chi connectivity index (χ1n) is 4.96. The van der Waals surface area contributed by atoms with Gasteiger partial charge in [-0.3, -0.25) is 0 Å². The Morgan fingerprint density at radius 3 is 2.93 bits per heavy atom.